The lowest BCUT2D eigenvalue weighted by Crippen LogP contribution is -2.49. The first-order valence-electron chi connectivity index (χ1n) is 7.05. The average molecular weight is 397 g/mol. The molecule has 0 saturated carbocycles. The van der Waals surface area contributed by atoms with Crippen LogP contribution in [0.5, 0.6) is 11.5 Å². The van der Waals surface area contributed by atoms with E-state index in [2.05, 4.69) is 0 Å². The molecular weight excluding hydrogens is 387 g/mol. The number of benzene rings is 2. The van der Waals surface area contributed by atoms with Gasteiger partial charge in [0.05, 0.1) is 0 Å². The van der Waals surface area contributed by atoms with E-state index in [0.717, 1.165) is 12.1 Å². The highest BCUT2D eigenvalue weighted by Gasteiger charge is 2.73. The quantitative estimate of drug-likeness (QED) is 0.429. The van der Waals surface area contributed by atoms with E-state index in [9.17, 15) is 35.5 Å². The second-order valence-corrected chi connectivity index (χ2v) is 5.24. The van der Waals surface area contributed by atoms with E-state index in [4.69, 9.17) is 9.94 Å². The summed E-state index contributed by atoms with van der Waals surface area (Å²) in [4.78, 5) is 11.2. The zero-order valence-corrected chi connectivity index (χ0v) is 13.0. The zero-order chi connectivity index (χ0) is 20.5. The summed E-state index contributed by atoms with van der Waals surface area (Å²) < 4.78 is 95.0. The average Bonchev–Trinajstić information content (AvgIpc) is 2.61. The van der Waals surface area contributed by atoms with Crippen LogP contribution in [0.4, 0.5) is 30.7 Å². The maximum Gasteiger partial charge on any atom is 0.460 e. The van der Waals surface area contributed by atoms with Crippen molar-refractivity contribution in [1.82, 2.24) is 5.48 Å². The van der Waals surface area contributed by atoms with Crippen LogP contribution in [0.25, 0.3) is 0 Å². The molecule has 0 fully saturated rings. The molecule has 0 radical (unpaired) electrons. The minimum absolute atomic E-state index is 0.0780. The van der Waals surface area contributed by atoms with E-state index in [1.165, 1.54) is 29.7 Å². The van der Waals surface area contributed by atoms with Gasteiger partial charge in [-0.15, -0.1) is 0 Å². The molecule has 0 atom stereocenters. The Bertz CT molecular complexity index is 802. The number of nitrogens with one attached hydrogen (secondary N) is 1. The van der Waals surface area contributed by atoms with Gasteiger partial charge in [0.1, 0.15) is 11.5 Å². The van der Waals surface area contributed by atoms with Gasteiger partial charge < -0.3 is 4.74 Å². The smallest absolute Gasteiger partial charge is 0.457 e. The van der Waals surface area contributed by atoms with Crippen LogP contribution in [0.1, 0.15) is 15.9 Å². The van der Waals surface area contributed by atoms with E-state index in [1.54, 1.807) is 0 Å². The van der Waals surface area contributed by atoms with Crippen molar-refractivity contribution in [3.05, 3.63) is 59.7 Å². The third kappa shape index (κ3) is 3.97. The lowest BCUT2D eigenvalue weighted by Gasteiger charge is -2.28. The molecule has 146 valence electrons. The summed E-state index contributed by atoms with van der Waals surface area (Å²) in [5.41, 5.74) is -0.0557. The highest BCUT2D eigenvalue weighted by molar-refractivity contribution is 5.93. The lowest BCUT2D eigenvalue weighted by molar-refractivity contribution is -0.359. The summed E-state index contributed by atoms with van der Waals surface area (Å²) in [6, 6.07) is 7.45. The molecule has 4 nitrogen and oxygen atoms in total. The SMILES string of the molecule is O=C(NO)c1ccc(Oc2ccc(C(F)(F)C(F)(F)C(F)(F)F)cc2)cc1. The first kappa shape index (κ1) is 20.5. The first-order chi connectivity index (χ1) is 12.4. The Morgan fingerprint density at radius 3 is 1.67 bits per heavy atom. The number of carbonyl (C=O) groups is 1. The summed E-state index contributed by atoms with van der Waals surface area (Å²) in [7, 11) is 0. The molecule has 0 heterocycles. The number of rotatable bonds is 5. The van der Waals surface area contributed by atoms with Gasteiger partial charge in [0.15, 0.2) is 0 Å². The summed E-state index contributed by atoms with van der Waals surface area (Å²) in [6.07, 6.45) is -6.42. The summed E-state index contributed by atoms with van der Waals surface area (Å²) in [5.74, 6) is -12.5. The largest absolute Gasteiger partial charge is 0.460 e. The van der Waals surface area contributed by atoms with Crippen molar-refractivity contribution < 1.29 is 45.5 Å². The third-order valence-corrected chi connectivity index (χ3v) is 3.42. The molecule has 0 bridgehead atoms. The molecule has 0 saturated heterocycles. The van der Waals surface area contributed by atoms with Gasteiger partial charge >= 0.3 is 18.0 Å². The van der Waals surface area contributed by atoms with Crippen LogP contribution in [-0.4, -0.2) is 23.2 Å². The maximum absolute atomic E-state index is 13.6. The van der Waals surface area contributed by atoms with E-state index >= 15 is 0 Å². The number of amides is 1. The van der Waals surface area contributed by atoms with Crippen LogP contribution < -0.4 is 10.2 Å². The lowest BCUT2D eigenvalue weighted by atomic mass is 10.0. The van der Waals surface area contributed by atoms with Crippen LogP contribution in [0.3, 0.4) is 0 Å². The Morgan fingerprint density at radius 2 is 1.26 bits per heavy atom. The fourth-order valence-corrected chi connectivity index (χ4v) is 1.97. The van der Waals surface area contributed by atoms with Crippen molar-refractivity contribution in [1.29, 1.82) is 0 Å². The van der Waals surface area contributed by atoms with Gasteiger partial charge in [-0.3, -0.25) is 10.0 Å². The summed E-state index contributed by atoms with van der Waals surface area (Å²) in [5, 5.41) is 8.48. The monoisotopic (exact) mass is 397 g/mol. The Labute approximate surface area is 147 Å². The second-order valence-electron chi connectivity index (χ2n) is 5.24. The summed E-state index contributed by atoms with van der Waals surface area (Å²) in [6.45, 7) is 0. The third-order valence-electron chi connectivity index (χ3n) is 3.42. The fraction of sp³-hybridized carbons (Fsp3) is 0.188. The van der Waals surface area contributed by atoms with Gasteiger partial charge in [0, 0.05) is 11.1 Å². The Morgan fingerprint density at radius 1 is 0.815 bits per heavy atom. The number of halogens is 7. The molecule has 11 heteroatoms. The molecule has 0 aliphatic rings. The van der Waals surface area contributed by atoms with Gasteiger partial charge in [-0.25, -0.2) is 5.48 Å². The Balaban J connectivity index is 2.19. The van der Waals surface area contributed by atoms with Crippen molar-refractivity contribution in [3.8, 4) is 11.5 Å². The topological polar surface area (TPSA) is 58.6 Å². The van der Waals surface area contributed by atoms with E-state index in [-0.39, 0.29) is 17.1 Å². The molecule has 2 N–H and O–H groups in total. The van der Waals surface area contributed by atoms with Crippen LogP contribution in [0, 0.1) is 0 Å². The number of hydroxylamine groups is 1. The molecule has 1 amide bonds. The highest BCUT2D eigenvalue weighted by Crippen LogP contribution is 2.51. The molecule has 2 aromatic rings. The molecule has 0 spiro atoms. The molecule has 2 rings (SSSR count). The van der Waals surface area contributed by atoms with Crippen LogP contribution >= 0.6 is 0 Å². The standard InChI is InChI=1S/C16H10F7NO3/c17-14(18,15(19,20)16(21,22)23)10-3-7-12(8-4-10)27-11-5-1-9(2-6-11)13(25)24-26/h1-8,26H,(H,24,25). The van der Waals surface area contributed by atoms with Gasteiger partial charge in [0.25, 0.3) is 5.91 Å². The van der Waals surface area contributed by atoms with Crippen molar-refractivity contribution in [2.75, 3.05) is 0 Å². The molecular formula is C16H10F7NO3. The Kier molecular flexibility index (Phi) is 5.36. The number of alkyl halides is 7. The van der Waals surface area contributed by atoms with Crippen LogP contribution in [0.15, 0.2) is 48.5 Å². The van der Waals surface area contributed by atoms with Gasteiger partial charge in [-0.05, 0) is 48.5 Å². The van der Waals surface area contributed by atoms with Gasteiger partial charge in [-0.1, -0.05) is 0 Å². The number of hydrogen-bond acceptors (Lipinski definition) is 3. The van der Waals surface area contributed by atoms with Crippen molar-refractivity contribution >= 4 is 5.91 Å². The number of ether oxygens (including phenoxy) is 1. The molecule has 0 aromatic heterocycles. The fourth-order valence-electron chi connectivity index (χ4n) is 1.97. The van der Waals surface area contributed by atoms with Crippen molar-refractivity contribution in [3.63, 3.8) is 0 Å². The van der Waals surface area contributed by atoms with Gasteiger partial charge in [-0.2, -0.15) is 30.7 Å². The normalized spacial score (nSPS) is 12.6. The maximum atomic E-state index is 13.6. The zero-order valence-electron chi connectivity index (χ0n) is 13.0. The first-order valence-corrected chi connectivity index (χ1v) is 7.05. The second kappa shape index (κ2) is 7.06. The molecule has 27 heavy (non-hydrogen) atoms. The number of carbonyl (C=O) groups excluding carboxylic acids is 1. The van der Waals surface area contributed by atoms with Crippen molar-refractivity contribution in [2.45, 2.75) is 18.0 Å². The summed E-state index contributed by atoms with van der Waals surface area (Å²) >= 11 is 0. The van der Waals surface area contributed by atoms with E-state index in [0.29, 0.717) is 12.1 Å². The minimum atomic E-state index is -6.42. The predicted octanol–water partition coefficient (Wildman–Crippen LogP) is 4.89. The van der Waals surface area contributed by atoms with Crippen molar-refractivity contribution in [2.24, 2.45) is 0 Å². The van der Waals surface area contributed by atoms with Crippen LogP contribution in [-0.2, 0) is 5.92 Å². The van der Waals surface area contributed by atoms with E-state index < -0.39 is 29.5 Å². The van der Waals surface area contributed by atoms with Gasteiger partial charge in [0.2, 0.25) is 0 Å². The highest BCUT2D eigenvalue weighted by atomic mass is 19.4. The minimum Gasteiger partial charge on any atom is -0.457 e. The Hall–Kier alpha value is -2.82. The van der Waals surface area contributed by atoms with E-state index in [1.807, 2.05) is 0 Å². The number of hydrogen-bond donors (Lipinski definition) is 2. The predicted molar refractivity (Wildman–Crippen MR) is 77.1 cm³/mol. The molecule has 0 aliphatic heterocycles. The molecule has 2 aromatic carbocycles. The molecule has 0 aliphatic carbocycles. The van der Waals surface area contributed by atoms with Crippen LogP contribution in [0.2, 0.25) is 0 Å². The molecule has 0 unspecified atom stereocenters.